The average molecular weight is 264 g/mol. The summed E-state index contributed by atoms with van der Waals surface area (Å²) in [4.78, 5) is 2.40. The topological polar surface area (TPSA) is 24.5 Å². The maximum absolute atomic E-state index is 5.29. The van der Waals surface area contributed by atoms with Crippen LogP contribution < -0.4 is 10.1 Å². The highest BCUT2D eigenvalue weighted by atomic mass is 16.5. The Balaban J connectivity index is 2.56. The zero-order valence-electron chi connectivity index (χ0n) is 12.8. The van der Waals surface area contributed by atoms with Crippen LogP contribution in [0.5, 0.6) is 5.75 Å². The number of hydrogen-bond acceptors (Lipinski definition) is 3. The molecule has 3 nitrogen and oxygen atoms in total. The minimum Gasteiger partial charge on any atom is -0.497 e. The van der Waals surface area contributed by atoms with Crippen molar-refractivity contribution in [3.63, 3.8) is 0 Å². The first-order valence-electron chi connectivity index (χ1n) is 7.21. The van der Waals surface area contributed by atoms with E-state index in [4.69, 9.17) is 4.74 Å². The highest BCUT2D eigenvalue weighted by molar-refractivity contribution is 5.30. The predicted octanol–water partition coefficient (Wildman–Crippen LogP) is 3.08. The van der Waals surface area contributed by atoms with Crippen molar-refractivity contribution in [3.05, 3.63) is 29.8 Å². The highest BCUT2D eigenvalue weighted by Crippen LogP contribution is 2.19. The summed E-state index contributed by atoms with van der Waals surface area (Å²) >= 11 is 0. The standard InChI is InChI=1S/C16H28N2O/c1-5-6-7-11-18(3)13-16(17-2)14-9-8-10-15(12-14)19-4/h8-10,12,16-17H,5-7,11,13H2,1-4H3. The Hall–Kier alpha value is -1.06. The quantitative estimate of drug-likeness (QED) is 0.694. The van der Waals surface area contributed by atoms with Gasteiger partial charge in [0, 0.05) is 12.6 Å². The number of nitrogens with zero attached hydrogens (tertiary/aromatic N) is 1. The fourth-order valence-corrected chi connectivity index (χ4v) is 2.26. The van der Waals surface area contributed by atoms with Crippen molar-refractivity contribution in [3.8, 4) is 5.75 Å². The fourth-order valence-electron chi connectivity index (χ4n) is 2.26. The van der Waals surface area contributed by atoms with Crippen molar-refractivity contribution in [1.82, 2.24) is 10.2 Å². The molecule has 0 aliphatic rings. The average Bonchev–Trinajstić information content (AvgIpc) is 2.45. The molecule has 0 fully saturated rings. The van der Waals surface area contributed by atoms with E-state index in [0.717, 1.165) is 18.8 Å². The number of ether oxygens (including phenoxy) is 1. The van der Waals surface area contributed by atoms with Crippen LogP contribution in [-0.2, 0) is 0 Å². The summed E-state index contributed by atoms with van der Waals surface area (Å²) in [6, 6.07) is 8.66. The van der Waals surface area contributed by atoms with Gasteiger partial charge < -0.3 is 15.0 Å². The van der Waals surface area contributed by atoms with Crippen LogP contribution in [0.2, 0.25) is 0 Å². The molecule has 3 heteroatoms. The van der Waals surface area contributed by atoms with Gasteiger partial charge in [-0.25, -0.2) is 0 Å². The summed E-state index contributed by atoms with van der Waals surface area (Å²) in [5.74, 6) is 0.923. The molecule has 0 amide bonds. The Bertz CT molecular complexity index is 354. The van der Waals surface area contributed by atoms with Gasteiger partial charge in [-0.2, -0.15) is 0 Å². The van der Waals surface area contributed by atoms with Crippen molar-refractivity contribution in [2.45, 2.75) is 32.2 Å². The van der Waals surface area contributed by atoms with Crippen LogP contribution in [-0.4, -0.2) is 39.2 Å². The number of methoxy groups -OCH3 is 1. The fraction of sp³-hybridized carbons (Fsp3) is 0.625. The Labute approximate surface area is 118 Å². The maximum atomic E-state index is 5.29. The molecule has 0 saturated heterocycles. The third kappa shape index (κ3) is 5.62. The molecular formula is C16H28N2O. The molecule has 0 saturated carbocycles. The predicted molar refractivity (Wildman–Crippen MR) is 81.8 cm³/mol. The number of nitrogens with one attached hydrogen (secondary N) is 1. The molecule has 1 aromatic carbocycles. The van der Waals surface area contributed by atoms with E-state index in [9.17, 15) is 0 Å². The minimum atomic E-state index is 0.349. The van der Waals surface area contributed by atoms with Gasteiger partial charge in [-0.15, -0.1) is 0 Å². The molecule has 108 valence electrons. The lowest BCUT2D eigenvalue weighted by atomic mass is 10.1. The van der Waals surface area contributed by atoms with E-state index < -0.39 is 0 Å². The second-order valence-electron chi connectivity index (χ2n) is 5.09. The Kier molecular flexibility index (Phi) is 7.53. The van der Waals surface area contributed by atoms with Crippen LogP contribution >= 0.6 is 0 Å². The van der Waals surface area contributed by atoms with E-state index in [1.807, 2.05) is 13.1 Å². The third-order valence-electron chi connectivity index (χ3n) is 3.48. The SMILES string of the molecule is CCCCCN(C)CC(NC)c1cccc(OC)c1. The van der Waals surface area contributed by atoms with E-state index in [1.54, 1.807) is 7.11 Å². The molecular weight excluding hydrogens is 236 g/mol. The lowest BCUT2D eigenvalue weighted by Gasteiger charge is -2.24. The van der Waals surface area contributed by atoms with Crippen LogP contribution in [0, 0.1) is 0 Å². The third-order valence-corrected chi connectivity index (χ3v) is 3.48. The lowest BCUT2D eigenvalue weighted by molar-refractivity contribution is 0.290. The summed E-state index contributed by atoms with van der Waals surface area (Å²) in [7, 11) is 5.93. The molecule has 0 radical (unpaired) electrons. The molecule has 0 heterocycles. The zero-order chi connectivity index (χ0) is 14.1. The summed E-state index contributed by atoms with van der Waals surface area (Å²) in [5.41, 5.74) is 1.28. The van der Waals surface area contributed by atoms with Gasteiger partial charge in [0.1, 0.15) is 5.75 Å². The van der Waals surface area contributed by atoms with Crippen LogP contribution in [0.3, 0.4) is 0 Å². The first kappa shape index (κ1) is 16.0. The van der Waals surface area contributed by atoms with Crippen LogP contribution in [0.1, 0.15) is 37.8 Å². The lowest BCUT2D eigenvalue weighted by Crippen LogP contribution is -2.31. The molecule has 19 heavy (non-hydrogen) atoms. The number of likely N-dealkylation sites (N-methyl/N-ethyl adjacent to an activating group) is 2. The molecule has 1 atom stereocenters. The van der Waals surface area contributed by atoms with E-state index in [2.05, 4.69) is 42.4 Å². The Morgan fingerprint density at radius 3 is 2.74 bits per heavy atom. The van der Waals surface area contributed by atoms with Gasteiger partial charge in [0.15, 0.2) is 0 Å². The first-order chi connectivity index (χ1) is 9.21. The minimum absolute atomic E-state index is 0.349. The monoisotopic (exact) mass is 264 g/mol. The zero-order valence-corrected chi connectivity index (χ0v) is 12.8. The normalized spacial score (nSPS) is 12.7. The van der Waals surface area contributed by atoms with Crippen LogP contribution in [0.4, 0.5) is 0 Å². The van der Waals surface area contributed by atoms with Gasteiger partial charge in [0.25, 0.3) is 0 Å². The molecule has 1 aromatic rings. The van der Waals surface area contributed by atoms with Crippen molar-refractivity contribution in [2.24, 2.45) is 0 Å². The number of unbranched alkanes of at least 4 members (excludes halogenated alkanes) is 2. The van der Waals surface area contributed by atoms with Gasteiger partial charge >= 0.3 is 0 Å². The Morgan fingerprint density at radius 1 is 1.32 bits per heavy atom. The largest absolute Gasteiger partial charge is 0.497 e. The molecule has 1 rings (SSSR count). The van der Waals surface area contributed by atoms with Gasteiger partial charge in [-0.1, -0.05) is 31.9 Å². The van der Waals surface area contributed by atoms with Crippen molar-refractivity contribution < 1.29 is 4.74 Å². The number of benzene rings is 1. The summed E-state index contributed by atoms with van der Waals surface area (Å²) in [6.07, 6.45) is 3.87. The molecule has 1 N–H and O–H groups in total. The molecule has 0 aromatic heterocycles. The number of hydrogen-bond donors (Lipinski definition) is 1. The van der Waals surface area contributed by atoms with Crippen LogP contribution in [0.25, 0.3) is 0 Å². The molecule has 0 bridgehead atoms. The summed E-state index contributed by atoms with van der Waals surface area (Å²) in [6.45, 7) is 4.43. The summed E-state index contributed by atoms with van der Waals surface area (Å²) in [5, 5.41) is 3.39. The van der Waals surface area contributed by atoms with Crippen LogP contribution in [0.15, 0.2) is 24.3 Å². The summed E-state index contributed by atoms with van der Waals surface area (Å²) < 4.78 is 5.29. The van der Waals surface area contributed by atoms with Crippen molar-refractivity contribution in [1.29, 1.82) is 0 Å². The Morgan fingerprint density at radius 2 is 2.11 bits per heavy atom. The molecule has 0 aliphatic carbocycles. The van der Waals surface area contributed by atoms with E-state index in [0.29, 0.717) is 6.04 Å². The smallest absolute Gasteiger partial charge is 0.119 e. The molecule has 1 unspecified atom stereocenters. The van der Waals surface area contributed by atoms with Gasteiger partial charge in [0.05, 0.1) is 7.11 Å². The van der Waals surface area contributed by atoms with Gasteiger partial charge in [0.2, 0.25) is 0 Å². The number of rotatable bonds is 9. The highest BCUT2D eigenvalue weighted by Gasteiger charge is 2.12. The second-order valence-corrected chi connectivity index (χ2v) is 5.09. The first-order valence-corrected chi connectivity index (χ1v) is 7.21. The van der Waals surface area contributed by atoms with Crippen molar-refractivity contribution >= 4 is 0 Å². The molecule has 0 spiro atoms. The van der Waals surface area contributed by atoms with E-state index in [-0.39, 0.29) is 0 Å². The van der Waals surface area contributed by atoms with Crippen molar-refractivity contribution in [2.75, 3.05) is 34.3 Å². The molecule has 0 aliphatic heterocycles. The van der Waals surface area contributed by atoms with E-state index >= 15 is 0 Å². The van der Waals surface area contributed by atoms with Gasteiger partial charge in [-0.05, 0) is 44.8 Å². The maximum Gasteiger partial charge on any atom is 0.119 e. The second kappa shape index (κ2) is 8.94. The van der Waals surface area contributed by atoms with Gasteiger partial charge in [-0.3, -0.25) is 0 Å². The van der Waals surface area contributed by atoms with E-state index in [1.165, 1.54) is 24.8 Å².